The molecule has 1 aromatic rings. The number of benzene rings is 1. The van der Waals surface area contributed by atoms with E-state index in [4.69, 9.17) is 16.3 Å². The van der Waals surface area contributed by atoms with Crippen molar-refractivity contribution in [2.75, 3.05) is 26.3 Å². The molecule has 16 heavy (non-hydrogen) atoms. The number of ether oxygens (including phenoxy) is 1. The van der Waals surface area contributed by atoms with Crippen molar-refractivity contribution in [1.29, 1.82) is 5.26 Å². The SMILES string of the molecule is N#C[C@H](c1ccccc1Cl)N1CCOCC1. The molecule has 1 fully saturated rings. The first-order valence-corrected chi connectivity index (χ1v) is 5.66. The maximum Gasteiger partial charge on any atom is 0.125 e. The minimum atomic E-state index is -0.266. The zero-order chi connectivity index (χ0) is 11.4. The van der Waals surface area contributed by atoms with Crippen LogP contribution in [0.15, 0.2) is 24.3 Å². The van der Waals surface area contributed by atoms with Crippen LogP contribution in [-0.2, 0) is 4.74 Å². The summed E-state index contributed by atoms with van der Waals surface area (Å²) in [6.45, 7) is 2.93. The highest BCUT2D eigenvalue weighted by molar-refractivity contribution is 6.31. The maximum absolute atomic E-state index is 9.27. The zero-order valence-electron chi connectivity index (χ0n) is 8.90. The van der Waals surface area contributed by atoms with E-state index in [1.807, 2.05) is 24.3 Å². The van der Waals surface area contributed by atoms with Crippen LogP contribution in [0.3, 0.4) is 0 Å². The van der Waals surface area contributed by atoms with Crippen LogP contribution < -0.4 is 0 Å². The molecule has 0 aromatic heterocycles. The smallest absolute Gasteiger partial charge is 0.125 e. The summed E-state index contributed by atoms with van der Waals surface area (Å²) in [6.07, 6.45) is 0. The molecule has 0 amide bonds. The van der Waals surface area contributed by atoms with Gasteiger partial charge >= 0.3 is 0 Å². The molecule has 1 heterocycles. The molecule has 0 radical (unpaired) electrons. The first-order valence-electron chi connectivity index (χ1n) is 5.29. The van der Waals surface area contributed by atoms with Crippen LogP contribution in [-0.4, -0.2) is 31.2 Å². The minimum Gasteiger partial charge on any atom is -0.379 e. The summed E-state index contributed by atoms with van der Waals surface area (Å²) in [5, 5.41) is 9.92. The molecule has 84 valence electrons. The Morgan fingerprint density at radius 1 is 1.31 bits per heavy atom. The van der Waals surface area contributed by atoms with Gasteiger partial charge in [-0.15, -0.1) is 0 Å². The summed E-state index contributed by atoms with van der Waals surface area (Å²) in [5.41, 5.74) is 0.883. The molecule has 0 spiro atoms. The average Bonchev–Trinajstić information content (AvgIpc) is 2.34. The van der Waals surface area contributed by atoms with Crippen LogP contribution in [0.4, 0.5) is 0 Å². The molecule has 1 atom stereocenters. The Morgan fingerprint density at radius 2 is 2.00 bits per heavy atom. The van der Waals surface area contributed by atoms with E-state index >= 15 is 0 Å². The van der Waals surface area contributed by atoms with Crippen molar-refractivity contribution < 1.29 is 4.74 Å². The Morgan fingerprint density at radius 3 is 2.62 bits per heavy atom. The highest BCUT2D eigenvalue weighted by Crippen LogP contribution is 2.27. The van der Waals surface area contributed by atoms with Gasteiger partial charge in [-0.25, -0.2) is 0 Å². The van der Waals surface area contributed by atoms with Crippen molar-refractivity contribution in [3.8, 4) is 6.07 Å². The minimum absolute atomic E-state index is 0.266. The largest absolute Gasteiger partial charge is 0.379 e. The Balaban J connectivity index is 2.22. The van der Waals surface area contributed by atoms with Crippen LogP contribution in [0, 0.1) is 11.3 Å². The fourth-order valence-electron chi connectivity index (χ4n) is 1.88. The molecule has 0 saturated carbocycles. The standard InChI is InChI=1S/C12H13ClN2O/c13-11-4-2-1-3-10(11)12(9-14)15-5-7-16-8-6-15/h1-4,12H,5-8H2/t12-/m1/s1. The van der Waals surface area contributed by atoms with Gasteiger partial charge in [-0.3, -0.25) is 4.90 Å². The quantitative estimate of drug-likeness (QED) is 0.790. The van der Waals surface area contributed by atoms with Crippen LogP contribution in [0.2, 0.25) is 5.02 Å². The topological polar surface area (TPSA) is 36.3 Å². The number of hydrogen-bond acceptors (Lipinski definition) is 3. The van der Waals surface area contributed by atoms with Gasteiger partial charge < -0.3 is 4.74 Å². The molecular formula is C12H13ClN2O. The molecule has 0 unspecified atom stereocenters. The monoisotopic (exact) mass is 236 g/mol. The first kappa shape index (κ1) is 11.4. The molecule has 2 rings (SSSR count). The lowest BCUT2D eigenvalue weighted by molar-refractivity contribution is 0.0266. The third-order valence-corrected chi connectivity index (χ3v) is 3.08. The molecule has 1 saturated heterocycles. The van der Waals surface area contributed by atoms with E-state index < -0.39 is 0 Å². The third kappa shape index (κ3) is 2.35. The van der Waals surface area contributed by atoms with Crippen molar-refractivity contribution in [1.82, 2.24) is 4.90 Å². The lowest BCUT2D eigenvalue weighted by Gasteiger charge is -2.30. The lowest BCUT2D eigenvalue weighted by Crippen LogP contribution is -2.38. The van der Waals surface area contributed by atoms with Crippen molar-refractivity contribution in [2.45, 2.75) is 6.04 Å². The summed E-state index contributed by atoms with van der Waals surface area (Å²) in [4.78, 5) is 2.10. The third-order valence-electron chi connectivity index (χ3n) is 2.73. The van der Waals surface area contributed by atoms with Gasteiger partial charge in [-0.1, -0.05) is 29.8 Å². The molecule has 0 aliphatic carbocycles. The van der Waals surface area contributed by atoms with Gasteiger partial charge in [0.15, 0.2) is 0 Å². The first-order chi connectivity index (χ1) is 7.83. The molecule has 1 aliphatic heterocycles. The van der Waals surface area contributed by atoms with Crippen molar-refractivity contribution in [3.63, 3.8) is 0 Å². The van der Waals surface area contributed by atoms with E-state index in [2.05, 4.69) is 11.0 Å². The van der Waals surface area contributed by atoms with E-state index in [9.17, 15) is 5.26 Å². The summed E-state index contributed by atoms with van der Waals surface area (Å²) in [5.74, 6) is 0. The number of morpholine rings is 1. The fourth-order valence-corrected chi connectivity index (χ4v) is 2.12. The average molecular weight is 237 g/mol. The van der Waals surface area contributed by atoms with E-state index in [1.54, 1.807) is 0 Å². The number of nitriles is 1. The van der Waals surface area contributed by atoms with Gasteiger partial charge in [-0.05, 0) is 6.07 Å². The molecule has 1 aromatic carbocycles. The number of hydrogen-bond donors (Lipinski definition) is 0. The van der Waals surface area contributed by atoms with Crippen molar-refractivity contribution in [3.05, 3.63) is 34.9 Å². The van der Waals surface area contributed by atoms with Gasteiger partial charge in [0.05, 0.1) is 19.3 Å². The van der Waals surface area contributed by atoms with Gasteiger partial charge in [0.2, 0.25) is 0 Å². The highest BCUT2D eigenvalue weighted by atomic mass is 35.5. The van der Waals surface area contributed by atoms with Crippen LogP contribution >= 0.6 is 11.6 Å². The summed E-state index contributed by atoms with van der Waals surface area (Å²) in [6, 6.07) is 9.56. The van der Waals surface area contributed by atoms with E-state index in [-0.39, 0.29) is 6.04 Å². The Labute approximate surface area is 100 Å². The molecule has 0 bridgehead atoms. The Bertz CT molecular complexity index is 396. The number of halogens is 1. The second-order valence-corrected chi connectivity index (χ2v) is 4.11. The lowest BCUT2D eigenvalue weighted by atomic mass is 10.1. The molecule has 1 aliphatic rings. The van der Waals surface area contributed by atoms with Gasteiger partial charge in [-0.2, -0.15) is 5.26 Å². The number of rotatable bonds is 2. The molecule has 0 N–H and O–H groups in total. The van der Waals surface area contributed by atoms with Gasteiger partial charge in [0.25, 0.3) is 0 Å². The normalized spacial score (nSPS) is 19.0. The van der Waals surface area contributed by atoms with E-state index in [1.165, 1.54) is 0 Å². The summed E-state index contributed by atoms with van der Waals surface area (Å²) >= 11 is 6.11. The molecule has 4 heteroatoms. The molecular weight excluding hydrogens is 224 g/mol. The van der Waals surface area contributed by atoms with Crippen molar-refractivity contribution >= 4 is 11.6 Å². The van der Waals surface area contributed by atoms with Crippen molar-refractivity contribution in [2.24, 2.45) is 0 Å². The highest BCUT2D eigenvalue weighted by Gasteiger charge is 2.23. The zero-order valence-corrected chi connectivity index (χ0v) is 9.65. The van der Waals surface area contributed by atoms with E-state index in [0.717, 1.165) is 18.7 Å². The van der Waals surface area contributed by atoms with Crippen LogP contribution in [0.25, 0.3) is 0 Å². The summed E-state index contributed by atoms with van der Waals surface area (Å²) < 4.78 is 5.28. The summed E-state index contributed by atoms with van der Waals surface area (Å²) in [7, 11) is 0. The Hall–Kier alpha value is -1.08. The predicted molar refractivity (Wildman–Crippen MR) is 62.2 cm³/mol. The van der Waals surface area contributed by atoms with Gasteiger partial charge in [0.1, 0.15) is 6.04 Å². The number of nitrogens with zero attached hydrogens (tertiary/aromatic N) is 2. The second-order valence-electron chi connectivity index (χ2n) is 3.70. The maximum atomic E-state index is 9.27. The Kier molecular flexibility index (Phi) is 3.79. The van der Waals surface area contributed by atoms with Crippen LogP contribution in [0.1, 0.15) is 11.6 Å². The van der Waals surface area contributed by atoms with E-state index in [0.29, 0.717) is 18.2 Å². The van der Waals surface area contributed by atoms with Gasteiger partial charge in [0, 0.05) is 23.7 Å². The predicted octanol–water partition coefficient (Wildman–Crippen LogP) is 2.24. The second kappa shape index (κ2) is 5.31. The van der Waals surface area contributed by atoms with Crippen LogP contribution in [0.5, 0.6) is 0 Å². The fraction of sp³-hybridized carbons (Fsp3) is 0.417. The molecule has 3 nitrogen and oxygen atoms in total.